The minimum absolute atomic E-state index is 0.279. The Morgan fingerprint density at radius 3 is 2.38 bits per heavy atom. The molecule has 0 aromatic heterocycles. The van der Waals surface area contributed by atoms with Crippen molar-refractivity contribution >= 4 is 8.32 Å². The summed E-state index contributed by atoms with van der Waals surface area (Å²) >= 11 is 0. The van der Waals surface area contributed by atoms with Crippen molar-refractivity contribution in [3.63, 3.8) is 0 Å². The second-order valence-electron chi connectivity index (χ2n) is 10.6. The number of rotatable bonds is 9. The summed E-state index contributed by atoms with van der Waals surface area (Å²) in [7, 11) is -1.68. The molecule has 1 rings (SSSR count). The predicted octanol–water partition coefficient (Wildman–Crippen LogP) is 7.86. The highest BCUT2D eigenvalue weighted by Crippen LogP contribution is 2.39. The molecule has 0 spiro atoms. The molecular formula is C24H46OSi. The third-order valence-corrected chi connectivity index (χ3v) is 11.4. The largest absolute Gasteiger partial charge is 0.416 e. The van der Waals surface area contributed by atoms with E-state index < -0.39 is 8.32 Å². The molecule has 0 aliphatic heterocycles. The molecule has 4 atom stereocenters. The van der Waals surface area contributed by atoms with Crippen LogP contribution in [0.1, 0.15) is 73.6 Å². The SMILES string of the molecule is C=CCC[C@H](/C=C/[C@@H]1C[C@H](C)CC[C@H]1C(C)C)CO[Si](C)(C)C(C)(C)C. The van der Waals surface area contributed by atoms with E-state index in [2.05, 4.69) is 73.4 Å². The van der Waals surface area contributed by atoms with Gasteiger partial charge in [-0.1, -0.05) is 66.2 Å². The zero-order valence-corrected chi connectivity index (χ0v) is 20.0. The Labute approximate surface area is 165 Å². The van der Waals surface area contributed by atoms with Gasteiger partial charge >= 0.3 is 0 Å². The van der Waals surface area contributed by atoms with E-state index in [0.29, 0.717) is 5.92 Å². The maximum absolute atomic E-state index is 6.54. The van der Waals surface area contributed by atoms with Crippen molar-refractivity contribution in [1.29, 1.82) is 0 Å². The van der Waals surface area contributed by atoms with Gasteiger partial charge in [0, 0.05) is 6.61 Å². The summed E-state index contributed by atoms with van der Waals surface area (Å²) in [6.45, 7) is 23.7. The molecule has 26 heavy (non-hydrogen) atoms. The first-order valence-corrected chi connectivity index (χ1v) is 13.8. The van der Waals surface area contributed by atoms with Crippen molar-refractivity contribution in [2.24, 2.45) is 29.6 Å². The Kier molecular flexibility index (Phi) is 9.36. The van der Waals surface area contributed by atoms with E-state index in [0.717, 1.165) is 43.1 Å². The van der Waals surface area contributed by atoms with Crippen LogP contribution in [0, 0.1) is 29.6 Å². The van der Waals surface area contributed by atoms with Crippen LogP contribution in [0.4, 0.5) is 0 Å². The lowest BCUT2D eigenvalue weighted by Crippen LogP contribution is -2.41. The highest BCUT2D eigenvalue weighted by molar-refractivity contribution is 6.74. The topological polar surface area (TPSA) is 9.23 Å². The van der Waals surface area contributed by atoms with Crippen molar-refractivity contribution in [1.82, 2.24) is 0 Å². The predicted molar refractivity (Wildman–Crippen MR) is 120 cm³/mol. The maximum Gasteiger partial charge on any atom is 0.192 e. The standard InChI is InChI=1S/C24H46OSi/c1-10-11-12-21(18-25-26(8,9)24(5,6)7)14-15-22-17-20(4)13-16-23(22)19(2)3/h10,14-15,19-23H,1,11-13,16-18H2,2-9H3/b15-14+/t20-,21-,22-,23+/m1/s1. The Hall–Kier alpha value is -0.343. The molecule has 0 N–H and O–H groups in total. The van der Waals surface area contributed by atoms with Crippen LogP contribution < -0.4 is 0 Å². The average Bonchev–Trinajstić information content (AvgIpc) is 2.52. The molecule has 0 amide bonds. The zero-order chi connectivity index (χ0) is 20.0. The first kappa shape index (κ1) is 23.7. The average molecular weight is 379 g/mol. The van der Waals surface area contributed by atoms with Gasteiger partial charge in [-0.05, 0) is 73.4 Å². The first-order chi connectivity index (χ1) is 12.0. The van der Waals surface area contributed by atoms with Gasteiger partial charge in [0.05, 0.1) is 0 Å². The van der Waals surface area contributed by atoms with E-state index in [4.69, 9.17) is 4.43 Å². The molecule has 2 heteroatoms. The van der Waals surface area contributed by atoms with Gasteiger partial charge in [-0.15, -0.1) is 6.58 Å². The third kappa shape index (κ3) is 7.35. The van der Waals surface area contributed by atoms with E-state index in [9.17, 15) is 0 Å². The molecule has 0 unspecified atom stereocenters. The fourth-order valence-corrected chi connectivity index (χ4v) is 4.96. The zero-order valence-electron chi connectivity index (χ0n) is 19.0. The van der Waals surface area contributed by atoms with Crippen molar-refractivity contribution in [2.75, 3.05) is 6.61 Å². The second kappa shape index (κ2) is 10.3. The van der Waals surface area contributed by atoms with E-state index in [1.54, 1.807) is 0 Å². The molecule has 1 aliphatic carbocycles. The van der Waals surface area contributed by atoms with Gasteiger partial charge in [0.2, 0.25) is 0 Å². The molecule has 0 radical (unpaired) electrons. The molecule has 1 saturated carbocycles. The third-order valence-electron chi connectivity index (χ3n) is 6.91. The summed E-state index contributed by atoms with van der Waals surface area (Å²) in [5, 5.41) is 0.279. The van der Waals surface area contributed by atoms with Crippen LogP contribution in [-0.2, 0) is 4.43 Å². The Bertz CT molecular complexity index is 444. The van der Waals surface area contributed by atoms with Gasteiger partial charge in [-0.25, -0.2) is 0 Å². The van der Waals surface area contributed by atoms with Crippen molar-refractivity contribution in [2.45, 2.75) is 91.8 Å². The first-order valence-electron chi connectivity index (χ1n) is 10.9. The van der Waals surface area contributed by atoms with Crippen molar-refractivity contribution in [3.8, 4) is 0 Å². The highest BCUT2D eigenvalue weighted by atomic mass is 28.4. The van der Waals surface area contributed by atoms with Gasteiger partial charge in [0.15, 0.2) is 8.32 Å². The van der Waals surface area contributed by atoms with Gasteiger partial charge < -0.3 is 4.43 Å². The minimum atomic E-state index is -1.68. The van der Waals surface area contributed by atoms with Crippen LogP contribution in [-0.4, -0.2) is 14.9 Å². The minimum Gasteiger partial charge on any atom is -0.416 e. The number of allylic oxidation sites excluding steroid dienone is 2. The molecule has 0 aromatic rings. The fraction of sp³-hybridized carbons (Fsp3) is 0.833. The maximum atomic E-state index is 6.54. The van der Waals surface area contributed by atoms with Crippen LogP contribution in [0.25, 0.3) is 0 Å². The van der Waals surface area contributed by atoms with Crippen LogP contribution in [0.3, 0.4) is 0 Å². The highest BCUT2D eigenvalue weighted by Gasteiger charge is 2.37. The Morgan fingerprint density at radius 1 is 1.19 bits per heavy atom. The summed E-state index contributed by atoms with van der Waals surface area (Å²) in [6, 6.07) is 0. The Morgan fingerprint density at radius 2 is 1.85 bits per heavy atom. The molecule has 0 heterocycles. The quantitative estimate of drug-likeness (QED) is 0.293. The van der Waals surface area contributed by atoms with Crippen LogP contribution in [0.2, 0.25) is 18.1 Å². The van der Waals surface area contributed by atoms with Crippen molar-refractivity contribution in [3.05, 3.63) is 24.8 Å². The number of hydrogen-bond donors (Lipinski definition) is 0. The molecule has 0 aromatic carbocycles. The lowest BCUT2D eigenvalue weighted by Gasteiger charge is -2.37. The second-order valence-corrected chi connectivity index (χ2v) is 15.4. The Balaban J connectivity index is 2.78. The van der Waals surface area contributed by atoms with E-state index in [-0.39, 0.29) is 5.04 Å². The molecule has 1 aliphatic rings. The lowest BCUT2D eigenvalue weighted by molar-refractivity contribution is 0.177. The van der Waals surface area contributed by atoms with Crippen molar-refractivity contribution < 1.29 is 4.43 Å². The summed E-state index contributed by atoms with van der Waals surface area (Å²) < 4.78 is 6.54. The molecular weight excluding hydrogens is 332 g/mol. The summed E-state index contributed by atoms with van der Waals surface area (Å²) in [6.07, 6.45) is 13.5. The van der Waals surface area contributed by atoms with Gasteiger partial charge in [-0.2, -0.15) is 0 Å². The summed E-state index contributed by atoms with van der Waals surface area (Å²) in [4.78, 5) is 0. The van der Waals surface area contributed by atoms with Gasteiger partial charge in [-0.3, -0.25) is 0 Å². The van der Waals surface area contributed by atoms with Crippen LogP contribution in [0.5, 0.6) is 0 Å². The normalized spacial score (nSPS) is 26.4. The van der Waals surface area contributed by atoms with E-state index in [1.807, 2.05) is 6.08 Å². The number of hydrogen-bond acceptors (Lipinski definition) is 1. The molecule has 0 bridgehead atoms. The molecule has 0 saturated heterocycles. The monoisotopic (exact) mass is 378 g/mol. The van der Waals surface area contributed by atoms with E-state index >= 15 is 0 Å². The smallest absolute Gasteiger partial charge is 0.192 e. The van der Waals surface area contributed by atoms with E-state index in [1.165, 1.54) is 19.3 Å². The lowest BCUT2D eigenvalue weighted by atomic mass is 9.70. The van der Waals surface area contributed by atoms with Crippen LogP contribution >= 0.6 is 0 Å². The van der Waals surface area contributed by atoms with Gasteiger partial charge in [0.1, 0.15) is 0 Å². The summed E-state index contributed by atoms with van der Waals surface area (Å²) in [5.41, 5.74) is 0. The van der Waals surface area contributed by atoms with Gasteiger partial charge in [0.25, 0.3) is 0 Å². The molecule has 152 valence electrons. The molecule has 1 nitrogen and oxygen atoms in total. The molecule has 1 fully saturated rings. The van der Waals surface area contributed by atoms with Crippen LogP contribution in [0.15, 0.2) is 24.8 Å². The fourth-order valence-electron chi connectivity index (χ4n) is 3.90. The summed E-state index contributed by atoms with van der Waals surface area (Å²) in [5.74, 6) is 3.77.